The quantitative estimate of drug-likeness (QED) is 0.0624. The van der Waals surface area contributed by atoms with Gasteiger partial charge >= 0.3 is 24.7 Å². The normalized spacial score (nSPS) is 17.9. The fraction of sp³-hybridized carbons (Fsp3) is 0.306. The van der Waals surface area contributed by atoms with Crippen LogP contribution in [0.2, 0.25) is 30.1 Å². The Balaban J connectivity index is 0.000000218. The third-order valence-electron chi connectivity index (χ3n) is 12.4. The largest absolute Gasteiger partial charge is 0.433 e. The van der Waals surface area contributed by atoms with Gasteiger partial charge in [-0.25, -0.2) is 19.9 Å². The maximum atomic E-state index is 14.4. The first-order valence-corrected chi connectivity index (χ1v) is 25.5. The summed E-state index contributed by atoms with van der Waals surface area (Å²) in [6.45, 7) is -1.95. The first-order valence-electron chi connectivity index (χ1n) is 22.1. The maximum Gasteiger partial charge on any atom is 0.433 e. The lowest BCUT2D eigenvalue weighted by Crippen LogP contribution is -2.45. The second-order valence-electron chi connectivity index (χ2n) is 17.2. The number of carbonyl (C=O) groups excluding carboxylic acids is 2. The van der Waals surface area contributed by atoms with Gasteiger partial charge in [0.05, 0.1) is 30.1 Å². The van der Waals surface area contributed by atoms with E-state index in [0.717, 1.165) is 46.5 Å². The van der Waals surface area contributed by atoms with Crippen LogP contribution in [-0.4, -0.2) is 70.2 Å². The average molecular weight is 1280 g/mol. The first-order chi connectivity index (χ1) is 35.8. The van der Waals surface area contributed by atoms with Crippen LogP contribution in [0.5, 0.6) is 0 Å². The molecule has 6 aromatic rings. The van der Waals surface area contributed by atoms with Crippen molar-refractivity contribution in [2.24, 2.45) is 5.73 Å². The minimum atomic E-state index is -4.92. The van der Waals surface area contributed by atoms with Gasteiger partial charge in [-0.15, -0.1) is 0 Å². The van der Waals surface area contributed by atoms with Gasteiger partial charge in [0.1, 0.15) is 10.8 Å². The molecule has 2 aliphatic rings. The molecule has 2 aliphatic heterocycles. The Kier molecular flexibility index (Phi) is 19.3. The molecule has 2 aromatic heterocycles. The number of aryl methyl sites for hydroxylation is 1. The van der Waals surface area contributed by atoms with Crippen molar-refractivity contribution in [2.45, 2.75) is 66.5 Å². The number of primary amides is 1. The summed E-state index contributed by atoms with van der Waals surface area (Å²) in [4.78, 5) is 39.8. The lowest BCUT2D eigenvalue weighted by Gasteiger charge is -2.32. The summed E-state index contributed by atoms with van der Waals surface area (Å²) in [5.41, 5.74) is -2.59. The van der Waals surface area contributed by atoms with Gasteiger partial charge in [0.25, 0.3) is 0 Å². The number of Topliss-reactive ketones (excluding diaryl/α,β-unsaturated/α-hetero) is 1. The van der Waals surface area contributed by atoms with Gasteiger partial charge in [-0.3, -0.25) is 9.59 Å². The van der Waals surface area contributed by atoms with E-state index in [9.17, 15) is 62.3 Å². The molecule has 2 saturated heterocycles. The van der Waals surface area contributed by atoms with Gasteiger partial charge in [0.2, 0.25) is 17.8 Å². The van der Waals surface area contributed by atoms with Crippen molar-refractivity contribution < 1.29 is 62.3 Å². The number of rotatable bonds is 10. The van der Waals surface area contributed by atoms with Crippen molar-refractivity contribution in [1.29, 1.82) is 0 Å². The zero-order chi connectivity index (χ0) is 57.1. The van der Waals surface area contributed by atoms with E-state index in [2.05, 4.69) is 35.9 Å². The van der Waals surface area contributed by atoms with E-state index in [0.29, 0.717) is 11.1 Å². The molecule has 1 amide bonds. The Morgan fingerprint density at radius 1 is 0.571 bits per heavy atom. The number of hydrogen-bond donors (Lipinski definition) is 1. The SMILES string of the molecule is FC(F)(F)c1nc(N2CCC(c3cc(Cl)c(Cl)c(Cl)c3)(C(F)(F)F)C2)ncc1CBr.NC(=O)c1ccccc1.O=C(CCc1cnc(N2CCC(c3cc(Cl)c(Cl)c(Cl)c3)(C(F)(F)F)C2)nc1C(F)(F)F)c1ccccc1. The van der Waals surface area contributed by atoms with Gasteiger partial charge in [0.15, 0.2) is 17.2 Å². The number of carbonyl (C=O) groups is 2. The van der Waals surface area contributed by atoms with E-state index in [1.165, 1.54) is 0 Å². The zero-order valence-electron chi connectivity index (χ0n) is 38.9. The highest BCUT2D eigenvalue weighted by molar-refractivity contribution is 9.08. The number of anilines is 2. The van der Waals surface area contributed by atoms with Crippen LogP contribution in [0, 0.1) is 0 Å². The van der Waals surface area contributed by atoms with Gasteiger partial charge in [-0.2, -0.15) is 52.7 Å². The van der Waals surface area contributed by atoms with E-state index in [-0.39, 0.29) is 95.3 Å². The summed E-state index contributed by atoms with van der Waals surface area (Å²) in [5.74, 6) is -1.69. The molecule has 77 heavy (non-hydrogen) atoms. The average Bonchev–Trinajstić information content (AvgIpc) is 4.09. The Hall–Kier alpha value is -4.84. The molecule has 0 aliphatic carbocycles. The van der Waals surface area contributed by atoms with E-state index < -0.39 is 84.8 Å². The predicted molar refractivity (Wildman–Crippen MR) is 273 cm³/mol. The van der Waals surface area contributed by atoms with Crippen LogP contribution in [0.15, 0.2) is 97.3 Å². The second kappa shape index (κ2) is 24.3. The van der Waals surface area contributed by atoms with E-state index >= 15 is 0 Å². The summed E-state index contributed by atoms with van der Waals surface area (Å²) < 4.78 is 167. The molecular weight excluding hydrogens is 1240 g/mol. The smallest absolute Gasteiger partial charge is 0.366 e. The minimum absolute atomic E-state index is 0.0854. The Morgan fingerprint density at radius 3 is 1.27 bits per heavy atom. The monoisotopic (exact) mass is 1270 g/mol. The van der Waals surface area contributed by atoms with Crippen LogP contribution in [-0.2, 0) is 34.9 Å². The Labute approximate surface area is 469 Å². The molecule has 412 valence electrons. The fourth-order valence-electron chi connectivity index (χ4n) is 8.38. The standard InChI is InChI=1S/C25H18Cl3F6N3O.C17H11BrCl3F6N3.C7H7NO/c26-17-10-16(11-18(27)20(17)28)23(25(32,33)34)8-9-37(13-23)22-35-12-15(21(36-22)24(29,30)31)6-7-19(38)14-4-2-1-3-5-14;18-5-8-6-28-14(29-13(8)16(22,23)24)30-2-1-15(7-30,17(25,26)27)9-3-10(19)12(21)11(20)4-9;8-7(9)6-4-2-1-3-5-6/h1-5,10-12H,6-9,13H2;3-4,6H,1-2,5,7H2;1-5H,(H2,8,9). The summed E-state index contributed by atoms with van der Waals surface area (Å²) in [6, 6.07) is 21.1. The van der Waals surface area contributed by atoms with Crippen LogP contribution >= 0.6 is 85.5 Å². The van der Waals surface area contributed by atoms with Gasteiger partial charge in [-0.05, 0) is 66.8 Å². The van der Waals surface area contributed by atoms with Crippen molar-refractivity contribution in [2.75, 3.05) is 36.0 Å². The number of ketones is 1. The number of amides is 1. The molecule has 4 aromatic carbocycles. The third kappa shape index (κ3) is 14.0. The van der Waals surface area contributed by atoms with Crippen LogP contribution in [0.4, 0.5) is 64.6 Å². The predicted octanol–water partition coefficient (Wildman–Crippen LogP) is 15.8. The van der Waals surface area contributed by atoms with E-state index in [1.807, 2.05) is 6.07 Å². The number of aromatic nitrogens is 4. The lowest BCUT2D eigenvalue weighted by molar-refractivity contribution is -0.185. The van der Waals surface area contributed by atoms with Crippen LogP contribution in [0.3, 0.4) is 0 Å². The van der Waals surface area contributed by atoms with Crippen LogP contribution in [0.1, 0.15) is 73.6 Å². The Bertz CT molecular complexity index is 3060. The van der Waals surface area contributed by atoms with Gasteiger partial charge in [-0.1, -0.05) is 134 Å². The van der Waals surface area contributed by atoms with Crippen molar-refractivity contribution in [3.05, 3.63) is 172 Å². The molecular formula is C49H36BrCl6F12N7O2. The molecule has 0 spiro atoms. The number of alkyl halides is 13. The molecule has 4 heterocycles. The molecule has 2 unspecified atom stereocenters. The van der Waals surface area contributed by atoms with E-state index in [1.54, 1.807) is 54.6 Å². The highest BCUT2D eigenvalue weighted by Crippen LogP contribution is 2.52. The molecule has 2 fully saturated rings. The molecule has 0 saturated carbocycles. The summed E-state index contributed by atoms with van der Waals surface area (Å²) in [6.07, 6.45) is -18.8. The summed E-state index contributed by atoms with van der Waals surface area (Å²) >= 11 is 38.4. The molecule has 2 N–H and O–H groups in total. The molecule has 9 nitrogen and oxygen atoms in total. The maximum absolute atomic E-state index is 14.4. The second-order valence-corrected chi connectivity index (χ2v) is 20.2. The van der Waals surface area contributed by atoms with E-state index in [4.69, 9.17) is 75.3 Å². The summed E-state index contributed by atoms with van der Waals surface area (Å²) in [7, 11) is 0. The summed E-state index contributed by atoms with van der Waals surface area (Å²) in [5, 5.41) is -1.02. The van der Waals surface area contributed by atoms with Crippen LogP contribution in [0.25, 0.3) is 0 Å². The molecule has 0 bridgehead atoms. The van der Waals surface area contributed by atoms with Crippen molar-refractivity contribution in [3.8, 4) is 0 Å². The van der Waals surface area contributed by atoms with Crippen LogP contribution < -0.4 is 15.5 Å². The number of benzene rings is 4. The lowest BCUT2D eigenvalue weighted by atomic mass is 9.79. The topological polar surface area (TPSA) is 118 Å². The minimum Gasteiger partial charge on any atom is -0.366 e. The molecule has 28 heteroatoms. The molecule has 2 atom stereocenters. The number of nitrogens with zero attached hydrogens (tertiary/aromatic N) is 6. The third-order valence-corrected chi connectivity index (χ3v) is 15.4. The highest BCUT2D eigenvalue weighted by Gasteiger charge is 2.61. The van der Waals surface area contributed by atoms with Gasteiger partial charge in [0, 0.05) is 72.6 Å². The highest BCUT2D eigenvalue weighted by atomic mass is 79.9. The molecule has 8 rings (SSSR count). The number of hydrogen-bond acceptors (Lipinski definition) is 8. The number of nitrogens with two attached hydrogens (primary N) is 1. The van der Waals surface area contributed by atoms with Crippen molar-refractivity contribution >= 4 is 109 Å². The zero-order valence-corrected chi connectivity index (χ0v) is 45.0. The fourth-order valence-corrected chi connectivity index (χ4v) is 9.98. The molecule has 0 radical (unpaired) electrons. The number of halogens is 19. The van der Waals surface area contributed by atoms with Crippen molar-refractivity contribution in [3.63, 3.8) is 0 Å². The van der Waals surface area contributed by atoms with Gasteiger partial charge < -0.3 is 15.5 Å². The Morgan fingerprint density at radius 2 is 0.935 bits per heavy atom. The van der Waals surface area contributed by atoms with Crippen molar-refractivity contribution in [1.82, 2.24) is 19.9 Å². The first kappa shape index (κ1) is 61.4.